The van der Waals surface area contributed by atoms with Crippen LogP contribution in [-0.2, 0) is 13.1 Å². The molecule has 0 amide bonds. The van der Waals surface area contributed by atoms with Crippen LogP contribution in [0.25, 0.3) is 17.0 Å². The third kappa shape index (κ3) is 3.05. The normalized spacial score (nSPS) is 10.9. The molecule has 7 nitrogen and oxygen atoms in total. The summed E-state index contributed by atoms with van der Waals surface area (Å²) in [6, 6.07) is 15.7. The molecular formula is C18H17N7. The molecule has 0 aliphatic heterocycles. The second-order valence-electron chi connectivity index (χ2n) is 5.57. The lowest BCUT2D eigenvalue weighted by molar-refractivity contribution is 0.920. The fourth-order valence-electron chi connectivity index (χ4n) is 2.68. The quantitative estimate of drug-likeness (QED) is 0.582. The maximum absolute atomic E-state index is 5.80. The van der Waals surface area contributed by atoms with E-state index in [1.807, 2.05) is 42.5 Å². The molecule has 3 aromatic heterocycles. The minimum absolute atomic E-state index is 0.516. The van der Waals surface area contributed by atoms with Crippen molar-refractivity contribution in [2.24, 2.45) is 5.73 Å². The van der Waals surface area contributed by atoms with E-state index in [1.165, 1.54) is 0 Å². The van der Waals surface area contributed by atoms with E-state index in [0.29, 0.717) is 24.6 Å². The van der Waals surface area contributed by atoms with Crippen LogP contribution in [0.3, 0.4) is 0 Å². The molecule has 25 heavy (non-hydrogen) atoms. The lowest BCUT2D eigenvalue weighted by Gasteiger charge is -2.10. The molecule has 0 aliphatic carbocycles. The highest BCUT2D eigenvalue weighted by atomic mass is 15.4. The zero-order valence-electron chi connectivity index (χ0n) is 13.5. The first kappa shape index (κ1) is 15.2. The topological polar surface area (TPSA) is 94.0 Å². The summed E-state index contributed by atoms with van der Waals surface area (Å²) in [5.41, 5.74) is 9.69. The summed E-state index contributed by atoms with van der Waals surface area (Å²) in [6.07, 6.45) is 3.45. The number of pyridine rings is 1. The number of nitrogens with one attached hydrogen (secondary N) is 1. The largest absolute Gasteiger partial charge is 0.365 e. The summed E-state index contributed by atoms with van der Waals surface area (Å²) in [6.45, 7) is 1.17. The van der Waals surface area contributed by atoms with E-state index in [-0.39, 0.29) is 0 Å². The molecule has 3 heterocycles. The SMILES string of the molecule is NCc1ccccc1CNc1ccc2nnc(-c3ccncc3)n2n1. The van der Waals surface area contributed by atoms with Gasteiger partial charge in [0.05, 0.1) is 0 Å². The van der Waals surface area contributed by atoms with Gasteiger partial charge in [0.2, 0.25) is 0 Å². The predicted octanol–water partition coefficient (Wildman–Crippen LogP) is 2.26. The Hall–Kier alpha value is -3.32. The molecule has 4 aromatic rings. The Labute approximate surface area is 144 Å². The van der Waals surface area contributed by atoms with Crippen molar-refractivity contribution in [1.29, 1.82) is 0 Å². The Bertz CT molecular complexity index is 995. The van der Waals surface area contributed by atoms with Gasteiger partial charge >= 0.3 is 0 Å². The van der Waals surface area contributed by atoms with Gasteiger partial charge in [-0.1, -0.05) is 24.3 Å². The third-order valence-electron chi connectivity index (χ3n) is 4.00. The van der Waals surface area contributed by atoms with Crippen molar-refractivity contribution in [2.75, 3.05) is 5.32 Å². The molecular weight excluding hydrogens is 314 g/mol. The molecule has 0 atom stereocenters. The summed E-state index contributed by atoms with van der Waals surface area (Å²) in [7, 11) is 0. The molecule has 0 radical (unpaired) electrons. The second kappa shape index (κ2) is 6.66. The lowest BCUT2D eigenvalue weighted by Crippen LogP contribution is -2.08. The van der Waals surface area contributed by atoms with Gasteiger partial charge in [0.1, 0.15) is 5.82 Å². The number of rotatable bonds is 5. The highest BCUT2D eigenvalue weighted by molar-refractivity contribution is 5.58. The fourth-order valence-corrected chi connectivity index (χ4v) is 2.68. The predicted molar refractivity (Wildman–Crippen MR) is 95.7 cm³/mol. The maximum Gasteiger partial charge on any atom is 0.185 e. The average molecular weight is 331 g/mol. The summed E-state index contributed by atoms with van der Waals surface area (Å²) < 4.78 is 1.73. The standard InChI is InChI=1S/C18H17N7/c19-11-14-3-1-2-4-15(14)12-21-16-5-6-17-22-23-18(25(17)24-16)13-7-9-20-10-8-13/h1-10H,11-12,19H2,(H,21,24). The highest BCUT2D eigenvalue weighted by Gasteiger charge is 2.10. The van der Waals surface area contributed by atoms with Crippen molar-refractivity contribution in [3.8, 4) is 11.4 Å². The van der Waals surface area contributed by atoms with E-state index in [4.69, 9.17) is 5.73 Å². The number of anilines is 1. The summed E-state index contributed by atoms with van der Waals surface area (Å²) in [5, 5.41) is 16.4. The molecule has 0 unspecified atom stereocenters. The van der Waals surface area contributed by atoms with Gasteiger partial charge < -0.3 is 11.1 Å². The van der Waals surface area contributed by atoms with Crippen LogP contribution in [0.4, 0.5) is 5.82 Å². The van der Waals surface area contributed by atoms with Crippen LogP contribution < -0.4 is 11.1 Å². The van der Waals surface area contributed by atoms with Crippen LogP contribution in [0.15, 0.2) is 60.9 Å². The zero-order chi connectivity index (χ0) is 17.1. The van der Waals surface area contributed by atoms with Crippen molar-refractivity contribution in [1.82, 2.24) is 24.8 Å². The Morgan fingerprint density at radius 1 is 0.920 bits per heavy atom. The van der Waals surface area contributed by atoms with E-state index in [0.717, 1.165) is 22.5 Å². The van der Waals surface area contributed by atoms with Crippen LogP contribution in [-0.4, -0.2) is 24.8 Å². The molecule has 0 saturated carbocycles. The van der Waals surface area contributed by atoms with Crippen LogP contribution in [0, 0.1) is 0 Å². The van der Waals surface area contributed by atoms with Gasteiger partial charge in [-0.15, -0.1) is 15.3 Å². The number of benzene rings is 1. The third-order valence-corrected chi connectivity index (χ3v) is 4.00. The Kier molecular flexibility index (Phi) is 4.05. The number of aromatic nitrogens is 5. The smallest absolute Gasteiger partial charge is 0.185 e. The van der Waals surface area contributed by atoms with Gasteiger partial charge in [-0.25, -0.2) is 0 Å². The van der Waals surface area contributed by atoms with Crippen molar-refractivity contribution < 1.29 is 0 Å². The van der Waals surface area contributed by atoms with Gasteiger partial charge in [0, 0.05) is 31.0 Å². The Balaban J connectivity index is 1.63. The number of hydrogen-bond acceptors (Lipinski definition) is 6. The molecule has 0 fully saturated rings. The molecule has 0 aliphatic rings. The average Bonchev–Trinajstić information content (AvgIpc) is 3.10. The molecule has 3 N–H and O–H groups in total. The highest BCUT2D eigenvalue weighted by Crippen LogP contribution is 2.18. The van der Waals surface area contributed by atoms with Gasteiger partial charge in [-0.2, -0.15) is 4.52 Å². The minimum atomic E-state index is 0.516. The summed E-state index contributed by atoms with van der Waals surface area (Å²) >= 11 is 0. The van der Waals surface area contributed by atoms with Gasteiger partial charge in [0.25, 0.3) is 0 Å². The van der Waals surface area contributed by atoms with E-state index in [2.05, 4.69) is 31.7 Å². The van der Waals surface area contributed by atoms with Crippen molar-refractivity contribution in [2.45, 2.75) is 13.1 Å². The molecule has 0 saturated heterocycles. The Morgan fingerprint density at radius 2 is 1.72 bits per heavy atom. The monoisotopic (exact) mass is 331 g/mol. The molecule has 1 aromatic carbocycles. The second-order valence-corrected chi connectivity index (χ2v) is 5.57. The molecule has 4 rings (SSSR count). The van der Waals surface area contributed by atoms with E-state index in [9.17, 15) is 0 Å². The number of fused-ring (bicyclic) bond motifs is 1. The first-order valence-corrected chi connectivity index (χ1v) is 7.99. The first-order chi connectivity index (χ1) is 12.3. The lowest BCUT2D eigenvalue weighted by atomic mass is 10.1. The van der Waals surface area contributed by atoms with E-state index in [1.54, 1.807) is 16.9 Å². The van der Waals surface area contributed by atoms with Gasteiger partial charge in [0.15, 0.2) is 11.5 Å². The van der Waals surface area contributed by atoms with Crippen molar-refractivity contribution in [3.05, 3.63) is 72.1 Å². The Morgan fingerprint density at radius 3 is 2.52 bits per heavy atom. The van der Waals surface area contributed by atoms with Crippen LogP contribution in [0.2, 0.25) is 0 Å². The van der Waals surface area contributed by atoms with Gasteiger partial charge in [-0.05, 0) is 35.4 Å². The zero-order valence-corrected chi connectivity index (χ0v) is 13.5. The number of hydrogen-bond donors (Lipinski definition) is 2. The summed E-state index contributed by atoms with van der Waals surface area (Å²) in [5.74, 6) is 1.43. The molecule has 124 valence electrons. The van der Waals surface area contributed by atoms with Crippen molar-refractivity contribution in [3.63, 3.8) is 0 Å². The summed E-state index contributed by atoms with van der Waals surface area (Å²) in [4.78, 5) is 4.03. The molecule has 7 heteroatoms. The number of nitrogens with zero attached hydrogens (tertiary/aromatic N) is 5. The van der Waals surface area contributed by atoms with E-state index < -0.39 is 0 Å². The molecule has 0 bridgehead atoms. The van der Waals surface area contributed by atoms with Crippen LogP contribution in [0.1, 0.15) is 11.1 Å². The minimum Gasteiger partial charge on any atom is -0.365 e. The van der Waals surface area contributed by atoms with Gasteiger partial charge in [-0.3, -0.25) is 4.98 Å². The van der Waals surface area contributed by atoms with Crippen LogP contribution >= 0.6 is 0 Å². The maximum atomic E-state index is 5.80. The number of nitrogens with two attached hydrogens (primary N) is 1. The fraction of sp³-hybridized carbons (Fsp3) is 0.111. The van der Waals surface area contributed by atoms with Crippen molar-refractivity contribution >= 4 is 11.5 Å². The molecule has 0 spiro atoms. The van der Waals surface area contributed by atoms with Crippen LogP contribution in [0.5, 0.6) is 0 Å². The first-order valence-electron chi connectivity index (χ1n) is 7.99. The van der Waals surface area contributed by atoms with E-state index >= 15 is 0 Å².